The molecule has 0 saturated heterocycles. The van der Waals surface area contributed by atoms with Gasteiger partial charge in [-0.3, -0.25) is 0 Å². The Bertz CT molecular complexity index is 707. The molecule has 0 aliphatic rings. The molecule has 0 saturated carbocycles. The van der Waals surface area contributed by atoms with Gasteiger partial charge < -0.3 is 10.6 Å². The predicted molar refractivity (Wildman–Crippen MR) is 104 cm³/mol. The topological polar surface area (TPSA) is 24.1 Å². The van der Waals surface area contributed by atoms with Gasteiger partial charge in [-0.1, -0.05) is 42.8 Å². The highest BCUT2D eigenvalue weighted by Gasteiger charge is 2.13. The summed E-state index contributed by atoms with van der Waals surface area (Å²) in [5, 5.41) is 7.47. The molecule has 0 aliphatic heterocycles. The minimum Gasteiger partial charge on any atom is -0.356 e. The van der Waals surface area contributed by atoms with Crippen molar-refractivity contribution in [1.82, 2.24) is 5.32 Å². The molecule has 1 unspecified atom stereocenters. The van der Waals surface area contributed by atoms with Gasteiger partial charge in [-0.25, -0.2) is 0 Å². The Balaban J connectivity index is 2.12. The zero-order valence-electron chi connectivity index (χ0n) is 14.7. The molecule has 2 aromatic rings. The minimum atomic E-state index is 0.223. The van der Waals surface area contributed by atoms with Gasteiger partial charge in [0.25, 0.3) is 0 Å². The van der Waals surface area contributed by atoms with Gasteiger partial charge in [0.1, 0.15) is 0 Å². The van der Waals surface area contributed by atoms with Crippen LogP contribution in [0, 0.1) is 27.7 Å². The third-order valence-electron chi connectivity index (χ3n) is 4.16. The maximum Gasteiger partial charge on any atom is 0.171 e. The van der Waals surface area contributed by atoms with Crippen LogP contribution in [0.5, 0.6) is 0 Å². The second-order valence-electron chi connectivity index (χ2n) is 6.24. The maximum absolute atomic E-state index is 5.53. The second-order valence-corrected chi connectivity index (χ2v) is 6.65. The van der Waals surface area contributed by atoms with Crippen molar-refractivity contribution in [3.05, 3.63) is 64.2 Å². The van der Waals surface area contributed by atoms with Crippen molar-refractivity contribution in [2.75, 3.05) is 5.32 Å². The van der Waals surface area contributed by atoms with Crippen LogP contribution in [0.1, 0.15) is 47.2 Å². The van der Waals surface area contributed by atoms with E-state index in [1.165, 1.54) is 27.8 Å². The highest BCUT2D eigenvalue weighted by atomic mass is 32.1. The Morgan fingerprint density at radius 2 is 1.61 bits per heavy atom. The Labute approximate surface area is 145 Å². The summed E-state index contributed by atoms with van der Waals surface area (Å²) >= 11 is 5.53. The van der Waals surface area contributed by atoms with Crippen molar-refractivity contribution in [3.63, 3.8) is 0 Å². The van der Waals surface area contributed by atoms with E-state index >= 15 is 0 Å². The SMILES string of the molecule is CCC(NC(=S)Nc1cc(C)ccc1C)c1ccc(C)cc1C. The van der Waals surface area contributed by atoms with E-state index in [9.17, 15) is 0 Å². The zero-order valence-corrected chi connectivity index (χ0v) is 15.5. The van der Waals surface area contributed by atoms with Gasteiger partial charge in [-0.15, -0.1) is 0 Å². The molecule has 2 N–H and O–H groups in total. The number of anilines is 1. The fourth-order valence-electron chi connectivity index (χ4n) is 2.80. The van der Waals surface area contributed by atoms with E-state index in [2.05, 4.69) is 81.7 Å². The first-order valence-corrected chi connectivity index (χ1v) is 8.53. The largest absolute Gasteiger partial charge is 0.356 e. The van der Waals surface area contributed by atoms with Crippen LogP contribution in [0.2, 0.25) is 0 Å². The predicted octanol–water partition coefficient (Wildman–Crippen LogP) is 5.36. The molecule has 0 spiro atoms. The van der Waals surface area contributed by atoms with Crippen LogP contribution in [0.15, 0.2) is 36.4 Å². The number of thiocarbonyl (C=S) groups is 1. The second kappa shape index (κ2) is 7.60. The van der Waals surface area contributed by atoms with Crippen LogP contribution in [0.3, 0.4) is 0 Å². The fraction of sp³-hybridized carbons (Fsp3) is 0.350. The molecule has 2 aromatic carbocycles. The Morgan fingerprint density at radius 3 is 2.26 bits per heavy atom. The van der Waals surface area contributed by atoms with Gasteiger partial charge in [-0.2, -0.15) is 0 Å². The van der Waals surface area contributed by atoms with E-state index in [4.69, 9.17) is 12.2 Å². The molecule has 0 radical (unpaired) electrons. The summed E-state index contributed by atoms with van der Waals surface area (Å²) in [5.74, 6) is 0. The summed E-state index contributed by atoms with van der Waals surface area (Å²) in [5.41, 5.74) is 7.39. The highest BCUT2D eigenvalue weighted by molar-refractivity contribution is 7.80. The van der Waals surface area contributed by atoms with E-state index in [0.717, 1.165) is 12.1 Å². The van der Waals surface area contributed by atoms with E-state index in [1.54, 1.807) is 0 Å². The average molecular weight is 327 g/mol. The molecule has 3 heteroatoms. The molecule has 0 amide bonds. The molecular formula is C20H26N2S. The maximum atomic E-state index is 5.53. The molecule has 1 atom stereocenters. The number of aryl methyl sites for hydroxylation is 4. The molecule has 122 valence electrons. The highest BCUT2D eigenvalue weighted by Crippen LogP contribution is 2.22. The molecule has 0 aromatic heterocycles. The smallest absolute Gasteiger partial charge is 0.171 e. The van der Waals surface area contributed by atoms with Gasteiger partial charge in [0.2, 0.25) is 0 Å². The van der Waals surface area contributed by atoms with Crippen molar-refractivity contribution in [2.24, 2.45) is 0 Å². The van der Waals surface area contributed by atoms with Crippen LogP contribution < -0.4 is 10.6 Å². The number of benzene rings is 2. The van der Waals surface area contributed by atoms with Crippen molar-refractivity contribution in [1.29, 1.82) is 0 Å². The summed E-state index contributed by atoms with van der Waals surface area (Å²) < 4.78 is 0. The first-order valence-electron chi connectivity index (χ1n) is 8.12. The van der Waals surface area contributed by atoms with Crippen LogP contribution in [-0.4, -0.2) is 5.11 Å². The van der Waals surface area contributed by atoms with E-state index in [-0.39, 0.29) is 6.04 Å². The van der Waals surface area contributed by atoms with E-state index in [0.29, 0.717) is 5.11 Å². The van der Waals surface area contributed by atoms with Gasteiger partial charge >= 0.3 is 0 Å². The summed E-state index contributed by atoms with van der Waals surface area (Å²) in [6.45, 7) is 10.6. The lowest BCUT2D eigenvalue weighted by molar-refractivity contribution is 0.625. The average Bonchev–Trinajstić information content (AvgIpc) is 2.49. The summed E-state index contributed by atoms with van der Waals surface area (Å²) in [4.78, 5) is 0. The number of hydrogen-bond donors (Lipinski definition) is 2. The lowest BCUT2D eigenvalue weighted by Gasteiger charge is -2.22. The fourth-order valence-corrected chi connectivity index (χ4v) is 3.06. The molecule has 2 rings (SSSR count). The van der Waals surface area contributed by atoms with Crippen molar-refractivity contribution in [3.8, 4) is 0 Å². The molecule has 0 aliphatic carbocycles. The van der Waals surface area contributed by atoms with Crippen LogP contribution >= 0.6 is 12.2 Å². The Morgan fingerprint density at radius 1 is 0.957 bits per heavy atom. The van der Waals surface area contributed by atoms with Crippen molar-refractivity contribution in [2.45, 2.75) is 47.1 Å². The first kappa shape index (κ1) is 17.5. The van der Waals surface area contributed by atoms with E-state index in [1.807, 2.05) is 0 Å². The number of rotatable bonds is 4. The van der Waals surface area contributed by atoms with E-state index < -0.39 is 0 Å². The standard InChI is InChI=1S/C20H26N2S/c1-6-18(17-10-8-13(2)11-16(17)5)21-20(23)22-19-12-14(3)7-9-15(19)4/h7-12,18H,6H2,1-5H3,(H2,21,22,23). The Kier molecular flexibility index (Phi) is 5.78. The lowest BCUT2D eigenvalue weighted by Crippen LogP contribution is -2.32. The molecular weight excluding hydrogens is 300 g/mol. The van der Waals surface area contributed by atoms with Gasteiger partial charge in [0, 0.05) is 5.69 Å². The molecule has 0 bridgehead atoms. The van der Waals surface area contributed by atoms with Gasteiger partial charge in [0.15, 0.2) is 5.11 Å². The third-order valence-corrected chi connectivity index (χ3v) is 4.38. The Hall–Kier alpha value is -1.87. The molecule has 23 heavy (non-hydrogen) atoms. The lowest BCUT2D eigenvalue weighted by atomic mass is 9.98. The summed E-state index contributed by atoms with van der Waals surface area (Å²) in [6.07, 6.45) is 0.985. The van der Waals surface area contributed by atoms with Crippen LogP contribution in [-0.2, 0) is 0 Å². The van der Waals surface area contributed by atoms with Crippen LogP contribution in [0.4, 0.5) is 5.69 Å². The van der Waals surface area contributed by atoms with Gasteiger partial charge in [-0.05, 0) is 74.7 Å². The zero-order chi connectivity index (χ0) is 17.0. The quantitative estimate of drug-likeness (QED) is 0.740. The third kappa shape index (κ3) is 4.55. The molecule has 0 fully saturated rings. The van der Waals surface area contributed by atoms with Gasteiger partial charge in [0.05, 0.1) is 6.04 Å². The van der Waals surface area contributed by atoms with Crippen LogP contribution in [0.25, 0.3) is 0 Å². The summed E-state index contributed by atoms with van der Waals surface area (Å²) in [7, 11) is 0. The first-order chi connectivity index (χ1) is 10.9. The normalized spacial score (nSPS) is 11.9. The summed E-state index contributed by atoms with van der Waals surface area (Å²) in [6, 6.07) is 13.2. The molecule has 2 nitrogen and oxygen atoms in total. The van der Waals surface area contributed by atoms with Crippen molar-refractivity contribution < 1.29 is 0 Å². The number of hydrogen-bond acceptors (Lipinski definition) is 1. The minimum absolute atomic E-state index is 0.223. The molecule has 0 heterocycles. The number of nitrogens with one attached hydrogen (secondary N) is 2. The van der Waals surface area contributed by atoms with Crippen molar-refractivity contribution >= 4 is 23.0 Å². The monoisotopic (exact) mass is 326 g/mol.